The number of hydrogen-bond donors (Lipinski definition) is 1. The third kappa shape index (κ3) is 5.58. The maximum Gasteiger partial charge on any atom is 0.232 e. The lowest BCUT2D eigenvalue weighted by Crippen LogP contribution is -2.39. The van der Waals surface area contributed by atoms with Gasteiger partial charge in [0.2, 0.25) is 20.0 Å². The number of nitrogens with one attached hydrogen (secondary N) is 1. The molecule has 0 saturated heterocycles. The van der Waals surface area contributed by atoms with E-state index in [4.69, 9.17) is 0 Å². The van der Waals surface area contributed by atoms with E-state index in [9.17, 15) is 16.8 Å². The predicted octanol–water partition coefficient (Wildman–Crippen LogP) is 1.30. The minimum absolute atomic E-state index is 0.0182. The summed E-state index contributed by atoms with van der Waals surface area (Å²) in [5.41, 5.74) is 1.23. The summed E-state index contributed by atoms with van der Waals surface area (Å²) in [6.07, 6.45) is 2.16. The number of nitrogens with zero attached hydrogens (tertiary/aromatic N) is 1. The Balaban J connectivity index is 3.20. The molecule has 1 N–H and O–H groups in total. The molecule has 1 rings (SSSR count). The first-order valence-corrected chi connectivity index (χ1v) is 10.6. The van der Waals surface area contributed by atoms with Gasteiger partial charge in [-0.3, -0.25) is 4.31 Å². The first-order valence-electron chi connectivity index (χ1n) is 6.84. The maximum atomic E-state index is 12.1. The van der Waals surface area contributed by atoms with Crippen molar-refractivity contribution in [2.45, 2.75) is 26.2 Å². The minimum atomic E-state index is -3.52. The molecule has 22 heavy (non-hydrogen) atoms. The Bertz CT molecular complexity index is 719. The van der Waals surface area contributed by atoms with Crippen LogP contribution in [0.2, 0.25) is 0 Å². The fourth-order valence-corrected chi connectivity index (χ4v) is 3.52. The van der Waals surface area contributed by atoms with E-state index in [0.717, 1.165) is 18.1 Å². The van der Waals surface area contributed by atoms with Crippen molar-refractivity contribution in [2.24, 2.45) is 0 Å². The van der Waals surface area contributed by atoms with Gasteiger partial charge < -0.3 is 0 Å². The van der Waals surface area contributed by atoms with Gasteiger partial charge in [-0.2, -0.15) is 0 Å². The highest BCUT2D eigenvalue weighted by molar-refractivity contribution is 7.92. The molecule has 0 aromatic heterocycles. The number of para-hydroxylation sites is 1. The van der Waals surface area contributed by atoms with Crippen LogP contribution >= 0.6 is 0 Å². The number of hydrogen-bond acceptors (Lipinski definition) is 4. The van der Waals surface area contributed by atoms with Crippen molar-refractivity contribution >= 4 is 25.7 Å². The van der Waals surface area contributed by atoms with Crippen molar-refractivity contribution in [1.82, 2.24) is 4.72 Å². The van der Waals surface area contributed by atoms with Gasteiger partial charge in [0.1, 0.15) is 0 Å². The normalized spacial score (nSPS) is 13.1. The van der Waals surface area contributed by atoms with Gasteiger partial charge in [0.15, 0.2) is 0 Å². The Hall–Kier alpha value is -1.12. The van der Waals surface area contributed by atoms with Crippen LogP contribution in [0.25, 0.3) is 0 Å². The molecular weight excluding hydrogens is 324 g/mol. The Morgan fingerprint density at radius 2 is 1.59 bits per heavy atom. The van der Waals surface area contributed by atoms with Gasteiger partial charge in [-0.25, -0.2) is 21.6 Å². The van der Waals surface area contributed by atoms with Gasteiger partial charge >= 0.3 is 0 Å². The van der Waals surface area contributed by atoms with E-state index in [1.165, 1.54) is 4.31 Å². The van der Waals surface area contributed by atoms with Gasteiger partial charge in [-0.15, -0.1) is 0 Å². The van der Waals surface area contributed by atoms with Gasteiger partial charge in [0, 0.05) is 13.1 Å². The Labute approximate surface area is 133 Å². The Kier molecular flexibility index (Phi) is 5.64. The molecule has 0 fully saturated rings. The molecule has 0 aliphatic rings. The second-order valence-electron chi connectivity index (χ2n) is 6.27. The average Bonchev–Trinajstić information content (AvgIpc) is 2.31. The molecule has 0 unspecified atom stereocenters. The summed E-state index contributed by atoms with van der Waals surface area (Å²) in [6.45, 7) is 6.06. The average molecular weight is 348 g/mol. The summed E-state index contributed by atoms with van der Waals surface area (Å²) in [5, 5.41) is 0. The summed E-state index contributed by atoms with van der Waals surface area (Å²) in [6, 6.07) is 7.26. The van der Waals surface area contributed by atoms with Gasteiger partial charge in [-0.05, 0) is 17.0 Å². The molecule has 0 bridgehead atoms. The molecule has 126 valence electrons. The maximum absolute atomic E-state index is 12.1. The summed E-state index contributed by atoms with van der Waals surface area (Å²) in [7, 11) is -6.88. The minimum Gasteiger partial charge on any atom is -0.269 e. The molecule has 0 aliphatic heterocycles. The van der Waals surface area contributed by atoms with Crippen LogP contribution in [0, 0.1) is 0 Å². The number of sulfonamides is 2. The van der Waals surface area contributed by atoms with E-state index in [0.29, 0.717) is 5.69 Å². The van der Waals surface area contributed by atoms with Crippen molar-refractivity contribution in [3.8, 4) is 0 Å². The van der Waals surface area contributed by atoms with Crippen LogP contribution < -0.4 is 9.03 Å². The van der Waals surface area contributed by atoms with Crippen molar-refractivity contribution in [3.05, 3.63) is 29.8 Å². The first kappa shape index (κ1) is 18.9. The van der Waals surface area contributed by atoms with E-state index >= 15 is 0 Å². The highest BCUT2D eigenvalue weighted by atomic mass is 32.2. The second kappa shape index (κ2) is 6.55. The van der Waals surface area contributed by atoms with E-state index < -0.39 is 20.0 Å². The Morgan fingerprint density at radius 1 is 1.05 bits per heavy atom. The SMILES string of the molecule is CC(C)(C)c1ccccc1N(CCNS(C)(=O)=O)S(C)(=O)=O. The lowest BCUT2D eigenvalue weighted by atomic mass is 9.86. The monoisotopic (exact) mass is 348 g/mol. The summed E-state index contributed by atoms with van der Waals surface area (Å²) in [4.78, 5) is 0. The largest absolute Gasteiger partial charge is 0.269 e. The molecule has 6 nitrogen and oxygen atoms in total. The smallest absolute Gasteiger partial charge is 0.232 e. The van der Waals surface area contributed by atoms with Gasteiger partial charge in [0.25, 0.3) is 0 Å². The topological polar surface area (TPSA) is 83.6 Å². The van der Waals surface area contributed by atoms with E-state index in [1.54, 1.807) is 12.1 Å². The lowest BCUT2D eigenvalue weighted by Gasteiger charge is -2.30. The van der Waals surface area contributed by atoms with Gasteiger partial charge in [0.05, 0.1) is 18.2 Å². The standard InChI is InChI=1S/C14H24N2O4S2/c1-14(2,3)12-8-6-7-9-13(12)16(22(5,19)20)11-10-15-21(4,17)18/h6-9,15H,10-11H2,1-5H3. The van der Waals surface area contributed by atoms with Crippen LogP contribution in [0.3, 0.4) is 0 Å². The molecule has 0 saturated carbocycles. The third-order valence-corrected chi connectivity index (χ3v) is 4.97. The molecule has 0 amide bonds. The molecule has 1 aromatic carbocycles. The van der Waals surface area contributed by atoms with Crippen molar-refractivity contribution in [3.63, 3.8) is 0 Å². The van der Waals surface area contributed by atoms with Crippen LogP contribution in [0.15, 0.2) is 24.3 Å². The summed E-state index contributed by atoms with van der Waals surface area (Å²) < 4.78 is 50.1. The van der Waals surface area contributed by atoms with Crippen LogP contribution in [-0.2, 0) is 25.5 Å². The van der Waals surface area contributed by atoms with Crippen molar-refractivity contribution < 1.29 is 16.8 Å². The van der Waals surface area contributed by atoms with Crippen LogP contribution in [0.4, 0.5) is 5.69 Å². The highest BCUT2D eigenvalue weighted by Crippen LogP contribution is 2.32. The predicted molar refractivity (Wildman–Crippen MR) is 90.2 cm³/mol. The summed E-state index contributed by atoms with van der Waals surface area (Å²) in [5.74, 6) is 0. The van der Waals surface area contributed by atoms with Crippen molar-refractivity contribution in [1.29, 1.82) is 0 Å². The molecule has 0 spiro atoms. The zero-order valence-corrected chi connectivity index (χ0v) is 15.3. The molecule has 0 radical (unpaired) electrons. The fourth-order valence-electron chi connectivity index (χ4n) is 2.12. The first-order chi connectivity index (χ1) is 9.82. The molecular formula is C14H24N2O4S2. The van der Waals surface area contributed by atoms with Crippen LogP contribution in [0.5, 0.6) is 0 Å². The van der Waals surface area contributed by atoms with Crippen molar-refractivity contribution in [2.75, 3.05) is 29.9 Å². The number of anilines is 1. The Morgan fingerprint density at radius 3 is 2.05 bits per heavy atom. The second-order valence-corrected chi connectivity index (χ2v) is 10.0. The molecule has 0 atom stereocenters. The van der Waals surface area contributed by atoms with E-state index in [1.807, 2.05) is 32.9 Å². The lowest BCUT2D eigenvalue weighted by molar-refractivity contribution is 0.577. The number of rotatable bonds is 6. The highest BCUT2D eigenvalue weighted by Gasteiger charge is 2.25. The number of benzene rings is 1. The van der Waals surface area contributed by atoms with Crippen LogP contribution in [-0.4, -0.2) is 42.4 Å². The van der Waals surface area contributed by atoms with Gasteiger partial charge in [-0.1, -0.05) is 39.0 Å². The molecule has 0 aliphatic carbocycles. The quantitative estimate of drug-likeness (QED) is 0.840. The molecule has 1 aromatic rings. The van der Waals surface area contributed by atoms with E-state index in [-0.39, 0.29) is 18.5 Å². The van der Waals surface area contributed by atoms with Crippen LogP contribution in [0.1, 0.15) is 26.3 Å². The van der Waals surface area contributed by atoms with E-state index in [2.05, 4.69) is 4.72 Å². The summed E-state index contributed by atoms with van der Waals surface area (Å²) >= 11 is 0. The zero-order chi connectivity index (χ0) is 17.2. The molecule has 0 heterocycles. The zero-order valence-electron chi connectivity index (χ0n) is 13.6. The fraction of sp³-hybridized carbons (Fsp3) is 0.571. The third-order valence-electron chi connectivity index (χ3n) is 3.06. The molecule has 8 heteroatoms.